The number of hydrogen-bond acceptors (Lipinski definition) is 4. The van der Waals surface area contributed by atoms with Crippen molar-refractivity contribution in [1.82, 2.24) is 20.1 Å². The molecule has 0 bridgehead atoms. The van der Waals surface area contributed by atoms with Gasteiger partial charge in [-0.15, -0.1) is 0 Å². The van der Waals surface area contributed by atoms with E-state index in [9.17, 15) is 4.79 Å². The van der Waals surface area contributed by atoms with Gasteiger partial charge in [0.25, 0.3) is 5.91 Å². The van der Waals surface area contributed by atoms with Crippen LogP contribution in [-0.2, 0) is 13.1 Å². The fraction of sp³-hybridized carbons (Fsp3) is 0.286. The number of carbonyl (C=O) groups is 1. The Labute approximate surface area is 157 Å². The van der Waals surface area contributed by atoms with Gasteiger partial charge >= 0.3 is 0 Å². The van der Waals surface area contributed by atoms with E-state index in [0.29, 0.717) is 18.0 Å². The van der Waals surface area contributed by atoms with E-state index in [1.54, 1.807) is 12.4 Å². The number of amides is 1. The predicted molar refractivity (Wildman–Crippen MR) is 104 cm³/mol. The standard InChI is InChI=1S/C21H22N4O2/c1-13(2)12-25-20-15(10-24-25)8-16(9-22-20)21(26)23-11-19-14(3)17-6-4-5-7-18(17)27-19/h4-10,13H,11-12H2,1-3H3,(H,23,26). The zero-order valence-corrected chi connectivity index (χ0v) is 15.7. The summed E-state index contributed by atoms with van der Waals surface area (Å²) in [5.74, 6) is 1.06. The summed E-state index contributed by atoms with van der Waals surface area (Å²) in [6.07, 6.45) is 3.35. The second kappa shape index (κ2) is 6.87. The average Bonchev–Trinajstić information content (AvgIpc) is 3.20. The summed E-state index contributed by atoms with van der Waals surface area (Å²) >= 11 is 0. The summed E-state index contributed by atoms with van der Waals surface area (Å²) < 4.78 is 7.73. The average molecular weight is 362 g/mol. The molecule has 0 aliphatic heterocycles. The summed E-state index contributed by atoms with van der Waals surface area (Å²) in [5.41, 5.74) is 3.20. The molecule has 0 aliphatic rings. The third-order valence-corrected chi connectivity index (χ3v) is 4.63. The van der Waals surface area contributed by atoms with Gasteiger partial charge < -0.3 is 9.73 Å². The lowest BCUT2D eigenvalue weighted by Gasteiger charge is -2.07. The summed E-state index contributed by atoms with van der Waals surface area (Å²) in [6, 6.07) is 9.70. The summed E-state index contributed by atoms with van der Waals surface area (Å²) in [6.45, 7) is 7.41. The van der Waals surface area contributed by atoms with Gasteiger partial charge in [-0.2, -0.15) is 5.10 Å². The number of aryl methyl sites for hydroxylation is 1. The molecular formula is C21H22N4O2. The molecule has 6 nitrogen and oxygen atoms in total. The minimum Gasteiger partial charge on any atom is -0.459 e. The minimum atomic E-state index is -0.180. The number of rotatable bonds is 5. The third-order valence-electron chi connectivity index (χ3n) is 4.63. The van der Waals surface area contributed by atoms with Crippen LogP contribution in [0.15, 0.2) is 47.1 Å². The maximum Gasteiger partial charge on any atom is 0.253 e. The van der Waals surface area contributed by atoms with Gasteiger partial charge in [0.1, 0.15) is 11.3 Å². The highest BCUT2D eigenvalue weighted by Crippen LogP contribution is 2.24. The SMILES string of the molecule is Cc1c(CNC(=O)c2cnc3c(cnn3CC(C)C)c2)oc2ccccc12. The van der Waals surface area contributed by atoms with Gasteiger partial charge in [0.15, 0.2) is 5.65 Å². The van der Waals surface area contributed by atoms with Crippen molar-refractivity contribution in [2.24, 2.45) is 5.92 Å². The normalized spacial score (nSPS) is 11.6. The Hall–Kier alpha value is -3.15. The molecular weight excluding hydrogens is 340 g/mol. The molecule has 0 unspecified atom stereocenters. The molecule has 0 atom stereocenters. The first kappa shape index (κ1) is 17.3. The van der Waals surface area contributed by atoms with Crippen molar-refractivity contribution >= 4 is 27.9 Å². The Morgan fingerprint density at radius 1 is 1.26 bits per heavy atom. The number of para-hydroxylation sites is 1. The van der Waals surface area contributed by atoms with Crippen molar-refractivity contribution in [3.8, 4) is 0 Å². The minimum absolute atomic E-state index is 0.180. The summed E-state index contributed by atoms with van der Waals surface area (Å²) in [4.78, 5) is 17.0. The van der Waals surface area contributed by atoms with Crippen LogP contribution in [0, 0.1) is 12.8 Å². The zero-order valence-electron chi connectivity index (χ0n) is 15.7. The number of fused-ring (bicyclic) bond motifs is 2. The Bertz CT molecular complexity index is 1120. The van der Waals surface area contributed by atoms with E-state index in [-0.39, 0.29) is 5.91 Å². The van der Waals surface area contributed by atoms with Crippen LogP contribution in [-0.4, -0.2) is 20.7 Å². The quantitative estimate of drug-likeness (QED) is 0.581. The Morgan fingerprint density at radius 2 is 2.07 bits per heavy atom. The highest BCUT2D eigenvalue weighted by Gasteiger charge is 2.14. The fourth-order valence-corrected chi connectivity index (χ4v) is 3.23. The maximum absolute atomic E-state index is 12.6. The molecule has 0 aliphatic carbocycles. The molecule has 4 aromatic rings. The van der Waals surface area contributed by atoms with Crippen molar-refractivity contribution in [1.29, 1.82) is 0 Å². The molecule has 0 radical (unpaired) electrons. The van der Waals surface area contributed by atoms with E-state index in [4.69, 9.17) is 4.42 Å². The first-order chi connectivity index (χ1) is 13.0. The first-order valence-corrected chi connectivity index (χ1v) is 9.09. The number of aromatic nitrogens is 3. The van der Waals surface area contributed by atoms with Crippen molar-refractivity contribution in [3.63, 3.8) is 0 Å². The molecule has 1 N–H and O–H groups in total. The molecule has 3 aromatic heterocycles. The molecule has 6 heteroatoms. The van der Waals surface area contributed by atoms with Crippen LogP contribution in [0.4, 0.5) is 0 Å². The molecule has 138 valence electrons. The number of carbonyl (C=O) groups excluding carboxylic acids is 1. The number of benzene rings is 1. The molecule has 1 amide bonds. The predicted octanol–water partition coefficient (Wildman–Crippen LogP) is 4.07. The van der Waals surface area contributed by atoms with Crippen molar-refractivity contribution in [3.05, 3.63) is 59.6 Å². The molecule has 0 fully saturated rings. The maximum atomic E-state index is 12.6. The van der Waals surface area contributed by atoms with E-state index in [1.807, 2.05) is 41.9 Å². The van der Waals surface area contributed by atoms with Crippen LogP contribution in [0.5, 0.6) is 0 Å². The molecule has 0 saturated carbocycles. The fourth-order valence-electron chi connectivity index (χ4n) is 3.23. The highest BCUT2D eigenvalue weighted by atomic mass is 16.3. The zero-order chi connectivity index (χ0) is 19.0. The van der Waals surface area contributed by atoms with Crippen LogP contribution in [0.2, 0.25) is 0 Å². The second-order valence-corrected chi connectivity index (χ2v) is 7.19. The van der Waals surface area contributed by atoms with E-state index < -0.39 is 0 Å². The molecule has 0 saturated heterocycles. The van der Waals surface area contributed by atoms with Crippen LogP contribution in [0.25, 0.3) is 22.0 Å². The van der Waals surface area contributed by atoms with Crippen molar-refractivity contribution in [2.45, 2.75) is 33.9 Å². The lowest BCUT2D eigenvalue weighted by molar-refractivity contribution is 0.0948. The first-order valence-electron chi connectivity index (χ1n) is 9.09. The van der Waals surface area contributed by atoms with Crippen molar-refractivity contribution < 1.29 is 9.21 Å². The van der Waals surface area contributed by atoms with Gasteiger partial charge in [0, 0.05) is 29.1 Å². The van der Waals surface area contributed by atoms with E-state index in [2.05, 4.69) is 29.2 Å². The number of hydrogen-bond donors (Lipinski definition) is 1. The number of furan rings is 1. The molecule has 27 heavy (non-hydrogen) atoms. The van der Waals surface area contributed by atoms with Gasteiger partial charge in [0.05, 0.1) is 18.3 Å². The van der Waals surface area contributed by atoms with Gasteiger partial charge in [0.2, 0.25) is 0 Å². The summed E-state index contributed by atoms with van der Waals surface area (Å²) in [5, 5.41) is 9.23. The molecule has 4 rings (SSSR count). The molecule has 1 aromatic carbocycles. The van der Waals surface area contributed by atoms with Crippen LogP contribution in [0.3, 0.4) is 0 Å². The van der Waals surface area contributed by atoms with Crippen LogP contribution in [0.1, 0.15) is 35.5 Å². The van der Waals surface area contributed by atoms with Gasteiger partial charge in [-0.05, 0) is 25.0 Å². The highest BCUT2D eigenvalue weighted by molar-refractivity contribution is 5.96. The monoisotopic (exact) mass is 362 g/mol. The Kier molecular flexibility index (Phi) is 4.39. The van der Waals surface area contributed by atoms with Gasteiger partial charge in [-0.25, -0.2) is 9.67 Å². The Morgan fingerprint density at radius 3 is 2.85 bits per heavy atom. The summed E-state index contributed by atoms with van der Waals surface area (Å²) in [7, 11) is 0. The topological polar surface area (TPSA) is 73.0 Å². The number of pyridine rings is 1. The van der Waals surface area contributed by atoms with E-state index >= 15 is 0 Å². The number of nitrogens with zero attached hydrogens (tertiary/aromatic N) is 3. The van der Waals surface area contributed by atoms with Crippen LogP contribution < -0.4 is 5.32 Å². The van der Waals surface area contributed by atoms with Crippen LogP contribution >= 0.6 is 0 Å². The van der Waals surface area contributed by atoms with E-state index in [1.165, 1.54) is 0 Å². The Balaban J connectivity index is 1.51. The second-order valence-electron chi connectivity index (χ2n) is 7.19. The van der Waals surface area contributed by atoms with Crippen molar-refractivity contribution in [2.75, 3.05) is 0 Å². The van der Waals surface area contributed by atoms with Gasteiger partial charge in [-0.3, -0.25) is 4.79 Å². The lowest BCUT2D eigenvalue weighted by atomic mass is 10.1. The largest absolute Gasteiger partial charge is 0.459 e. The lowest BCUT2D eigenvalue weighted by Crippen LogP contribution is -2.23. The van der Waals surface area contributed by atoms with E-state index in [0.717, 1.165) is 39.9 Å². The molecule has 0 spiro atoms. The number of nitrogens with one attached hydrogen (secondary N) is 1. The third kappa shape index (κ3) is 3.30. The van der Waals surface area contributed by atoms with Gasteiger partial charge in [-0.1, -0.05) is 32.0 Å². The smallest absolute Gasteiger partial charge is 0.253 e. The molecule has 3 heterocycles.